The summed E-state index contributed by atoms with van der Waals surface area (Å²) in [5.74, 6) is 0.186. The predicted octanol–water partition coefficient (Wildman–Crippen LogP) is 10.1. The van der Waals surface area contributed by atoms with Gasteiger partial charge < -0.3 is 38.9 Å². The van der Waals surface area contributed by atoms with Gasteiger partial charge in [-0.2, -0.15) is 0 Å². The lowest BCUT2D eigenvalue weighted by atomic mass is 9.55. The fourth-order valence-electron chi connectivity index (χ4n) is 9.38. The molecule has 7 rings (SSSR count). The Morgan fingerprint density at radius 2 is 1.63 bits per heavy atom. The Bertz CT molecular complexity index is 2150. The van der Waals surface area contributed by atoms with Crippen molar-refractivity contribution >= 4 is 22.6 Å². The molecule has 0 radical (unpaired) electrons. The lowest BCUT2D eigenvalue weighted by Gasteiger charge is -2.59. The van der Waals surface area contributed by atoms with Gasteiger partial charge in [0, 0.05) is 38.2 Å². The maximum Gasteiger partial charge on any atom is 0.409 e. The Labute approximate surface area is 353 Å². The zero-order valence-electron chi connectivity index (χ0n) is 34.6. The van der Waals surface area contributed by atoms with Gasteiger partial charge >= 0.3 is 6.09 Å². The van der Waals surface area contributed by atoms with E-state index in [-0.39, 0.29) is 57.2 Å². The molecule has 1 fully saturated rings. The van der Waals surface area contributed by atoms with Crippen molar-refractivity contribution in [3.8, 4) is 17.2 Å². The van der Waals surface area contributed by atoms with Crippen molar-refractivity contribution in [2.24, 2.45) is 22.9 Å². The minimum Gasteiger partial charge on any atom is -0.459 e. The van der Waals surface area contributed by atoms with E-state index in [9.17, 15) is 15.0 Å². The first-order valence-corrected chi connectivity index (χ1v) is 21.3. The van der Waals surface area contributed by atoms with Gasteiger partial charge in [-0.25, -0.2) is 4.79 Å². The van der Waals surface area contributed by atoms with Crippen LogP contribution in [0.4, 0.5) is 4.79 Å². The first kappa shape index (κ1) is 42.7. The van der Waals surface area contributed by atoms with E-state index in [1.165, 1.54) is 0 Å². The average Bonchev–Trinajstić information content (AvgIpc) is 3.27. The van der Waals surface area contributed by atoms with Gasteiger partial charge in [0.15, 0.2) is 0 Å². The van der Waals surface area contributed by atoms with E-state index >= 15 is 0 Å². The standard InChI is InChI=1S/C50H58N2O8/c1-4-6-29-56-49(55)52(3)46-33-44(51-58-34-35-16-8-7-9-17-35)42-31-38(20-12-14-26-53)41(21-13-15-27-54)47-43-32-40(59-39-23-22-36-18-10-11-19-37(36)30-39)24-25-45(43)60-50(46,48(42)47)57-28-5-2/h4-5,7-11,16-19,22-25,30-32,38,41,46-48,53-54H,1-2,6,12-15,20-21,26-29,33-34H2,3H3/t38-,41+,46-,47+,48+,50+/m0/s1. The van der Waals surface area contributed by atoms with Crippen LogP contribution in [0.15, 0.2) is 133 Å². The molecule has 0 spiro atoms. The lowest BCUT2D eigenvalue weighted by Crippen LogP contribution is -2.69. The summed E-state index contributed by atoms with van der Waals surface area (Å²) in [7, 11) is 1.73. The predicted molar refractivity (Wildman–Crippen MR) is 234 cm³/mol. The zero-order valence-corrected chi connectivity index (χ0v) is 34.6. The Morgan fingerprint density at radius 1 is 0.900 bits per heavy atom. The van der Waals surface area contributed by atoms with Gasteiger partial charge in [-0.3, -0.25) is 0 Å². The molecule has 0 aromatic heterocycles. The number of aliphatic hydroxyl groups excluding tert-OH is 2. The van der Waals surface area contributed by atoms with Crippen LogP contribution in [0.3, 0.4) is 0 Å². The number of ether oxygens (including phenoxy) is 4. The van der Waals surface area contributed by atoms with Crippen molar-refractivity contribution in [1.82, 2.24) is 4.90 Å². The average molecular weight is 815 g/mol. The topological polar surface area (TPSA) is 119 Å². The molecule has 316 valence electrons. The number of aliphatic hydroxyl groups is 2. The molecule has 60 heavy (non-hydrogen) atoms. The van der Waals surface area contributed by atoms with Crippen molar-refractivity contribution in [1.29, 1.82) is 0 Å². The van der Waals surface area contributed by atoms with E-state index in [1.807, 2.05) is 66.7 Å². The second-order valence-corrected chi connectivity index (χ2v) is 15.9. The Kier molecular flexibility index (Phi) is 14.4. The number of carbonyl (C=O) groups excluding carboxylic acids is 1. The third kappa shape index (κ3) is 9.31. The van der Waals surface area contributed by atoms with Crippen LogP contribution in [0.5, 0.6) is 17.2 Å². The number of hydrogen-bond acceptors (Lipinski definition) is 9. The van der Waals surface area contributed by atoms with Gasteiger partial charge in [0.2, 0.25) is 5.79 Å². The first-order valence-electron chi connectivity index (χ1n) is 21.3. The molecule has 3 aliphatic rings. The third-order valence-electron chi connectivity index (χ3n) is 12.2. The number of unbranched alkanes of at least 4 members (excludes halogenated alkanes) is 2. The van der Waals surface area contributed by atoms with Crippen LogP contribution in [0, 0.1) is 17.8 Å². The number of allylic oxidation sites excluding steroid dienone is 1. The number of fused-ring (bicyclic) bond motifs is 3. The summed E-state index contributed by atoms with van der Waals surface area (Å²) in [6, 6.07) is 29.5. The molecule has 1 saturated carbocycles. The number of amides is 1. The van der Waals surface area contributed by atoms with Crippen LogP contribution in [0.1, 0.15) is 68.4 Å². The summed E-state index contributed by atoms with van der Waals surface area (Å²) in [6.07, 6.45) is 10.7. The van der Waals surface area contributed by atoms with E-state index < -0.39 is 23.8 Å². The van der Waals surface area contributed by atoms with Crippen molar-refractivity contribution in [2.45, 2.75) is 75.7 Å². The van der Waals surface area contributed by atoms with Gasteiger partial charge in [-0.15, -0.1) is 13.2 Å². The third-order valence-corrected chi connectivity index (χ3v) is 12.2. The first-order chi connectivity index (χ1) is 29.4. The monoisotopic (exact) mass is 814 g/mol. The van der Waals surface area contributed by atoms with Crippen LogP contribution in [-0.4, -0.2) is 72.2 Å². The molecule has 4 aromatic rings. The highest BCUT2D eigenvalue weighted by Crippen LogP contribution is 2.62. The number of benzene rings is 4. The lowest BCUT2D eigenvalue weighted by molar-refractivity contribution is -0.253. The highest BCUT2D eigenvalue weighted by molar-refractivity contribution is 6.03. The molecule has 0 bridgehead atoms. The molecular formula is C50H58N2O8. The van der Waals surface area contributed by atoms with Crippen LogP contribution in [-0.2, 0) is 20.9 Å². The molecule has 1 amide bonds. The molecule has 0 unspecified atom stereocenters. The number of nitrogens with zero attached hydrogens (tertiary/aromatic N) is 2. The van der Waals surface area contributed by atoms with Crippen LogP contribution >= 0.6 is 0 Å². The number of carbonyl (C=O) groups is 1. The zero-order chi connectivity index (χ0) is 41.9. The highest BCUT2D eigenvalue weighted by Gasteiger charge is 2.65. The van der Waals surface area contributed by atoms with Gasteiger partial charge in [0.1, 0.15) is 29.9 Å². The van der Waals surface area contributed by atoms with Crippen LogP contribution in [0.2, 0.25) is 0 Å². The SMILES string of the molecule is C=CCCOC(=O)N(C)[C@H]1CC(=NOCc2ccccc2)C2=C[C@H](CCCCO)[C@@H](CCCCO)[C@@H]3c4cc(Oc5ccc6ccccc6c5)ccc4O[C@@]1(OCC=C)[C@H]23. The fraction of sp³-hybridized carbons (Fsp3) is 0.400. The summed E-state index contributed by atoms with van der Waals surface area (Å²) in [5.41, 5.74) is 3.63. The van der Waals surface area contributed by atoms with E-state index in [0.29, 0.717) is 36.5 Å². The molecule has 0 saturated heterocycles. The summed E-state index contributed by atoms with van der Waals surface area (Å²) in [6.45, 7) is 8.63. The molecule has 2 N–H and O–H groups in total. The number of likely N-dealkylation sites (N-methyl/N-ethyl adjacent to an activating group) is 1. The molecule has 10 nitrogen and oxygen atoms in total. The summed E-state index contributed by atoms with van der Waals surface area (Å²) >= 11 is 0. The van der Waals surface area contributed by atoms with E-state index in [1.54, 1.807) is 24.1 Å². The molecule has 6 atom stereocenters. The van der Waals surface area contributed by atoms with Gasteiger partial charge in [-0.1, -0.05) is 96.9 Å². The summed E-state index contributed by atoms with van der Waals surface area (Å²) in [5, 5.41) is 26.9. The van der Waals surface area contributed by atoms with Crippen molar-refractivity contribution in [3.05, 3.63) is 139 Å². The van der Waals surface area contributed by atoms with Crippen LogP contribution in [0.25, 0.3) is 10.8 Å². The molecule has 2 aliphatic carbocycles. The minimum atomic E-state index is -1.38. The van der Waals surface area contributed by atoms with Crippen molar-refractivity contribution < 1.29 is 38.8 Å². The molecule has 4 aromatic carbocycles. The second kappa shape index (κ2) is 20.2. The maximum absolute atomic E-state index is 13.9. The Balaban J connectivity index is 1.39. The van der Waals surface area contributed by atoms with Gasteiger partial charge in [-0.05, 0) is 96.2 Å². The fourth-order valence-corrected chi connectivity index (χ4v) is 9.38. The molecule has 10 heteroatoms. The summed E-state index contributed by atoms with van der Waals surface area (Å²) < 4.78 is 26.6. The molecular weight excluding hydrogens is 757 g/mol. The Morgan fingerprint density at radius 3 is 2.40 bits per heavy atom. The summed E-state index contributed by atoms with van der Waals surface area (Å²) in [4.78, 5) is 21.7. The number of hydrogen-bond donors (Lipinski definition) is 2. The van der Waals surface area contributed by atoms with E-state index in [2.05, 4.69) is 43.5 Å². The maximum atomic E-state index is 13.9. The van der Waals surface area contributed by atoms with E-state index in [0.717, 1.165) is 58.9 Å². The van der Waals surface area contributed by atoms with E-state index in [4.69, 9.17) is 28.9 Å². The molecule has 1 heterocycles. The smallest absolute Gasteiger partial charge is 0.409 e. The van der Waals surface area contributed by atoms with Gasteiger partial charge in [0.05, 0.1) is 24.8 Å². The Hall–Kier alpha value is -5.42. The van der Waals surface area contributed by atoms with Crippen molar-refractivity contribution in [3.63, 3.8) is 0 Å². The van der Waals surface area contributed by atoms with Crippen molar-refractivity contribution in [2.75, 3.05) is 33.5 Å². The second-order valence-electron chi connectivity index (χ2n) is 15.9. The van der Waals surface area contributed by atoms with Crippen LogP contribution < -0.4 is 9.47 Å². The van der Waals surface area contributed by atoms with Gasteiger partial charge in [0.25, 0.3) is 0 Å². The largest absolute Gasteiger partial charge is 0.459 e. The minimum absolute atomic E-state index is 0.0735. The highest BCUT2D eigenvalue weighted by atomic mass is 16.7. The normalized spacial score (nSPS) is 23.4. The number of rotatable bonds is 20. The quantitative estimate of drug-likeness (QED) is 0.0514. The molecule has 1 aliphatic heterocycles. The number of oxime groups is 1.